The van der Waals surface area contributed by atoms with Crippen LogP contribution in [0.4, 0.5) is 0 Å². The third-order valence-electron chi connectivity index (χ3n) is 8.72. The minimum Gasteiger partial charge on any atom is -0.347 e. The lowest BCUT2D eigenvalue weighted by Crippen LogP contribution is -2.42. The summed E-state index contributed by atoms with van der Waals surface area (Å²) < 4.78 is 0. The Morgan fingerprint density at radius 1 is 0.957 bits per heavy atom. The van der Waals surface area contributed by atoms with Gasteiger partial charge in [0.2, 0.25) is 5.91 Å². The number of fused-ring (bicyclic) bond motifs is 2. The average molecular weight is 640 g/mol. The van der Waals surface area contributed by atoms with Crippen molar-refractivity contribution in [1.82, 2.24) is 41.5 Å². The SMILES string of the molecule is CC(C)(C)NC(=O)c1ccc2c(c1)CCc1cc(C(=O)NC(C)(C)C)ccc1C2(CCNCC(=O)N1CCC[C@H]1C#N)c1nnn[nH]1. The lowest BCUT2D eigenvalue weighted by Gasteiger charge is -2.35. The van der Waals surface area contributed by atoms with Gasteiger partial charge in [-0.3, -0.25) is 14.4 Å². The molecule has 1 saturated heterocycles. The number of rotatable bonds is 8. The van der Waals surface area contributed by atoms with E-state index in [4.69, 9.17) is 0 Å². The second kappa shape index (κ2) is 13.2. The standard InChI is InChI=1S/C35H45N9O3/c1-33(2,3)38-30(46)24-11-13-27-22(18-24)9-10-23-19-25(31(47)39-34(4,5)6)12-14-28(23)35(27,32-40-42-43-41-32)15-16-37-21-29(45)44-17-7-8-26(44)20-36/h11-14,18-19,26,37H,7-10,15-17,21H2,1-6H3,(H,38,46)(H,39,47)(H,40,41,42,43)/t26-/m0/s1. The van der Waals surface area contributed by atoms with Crippen LogP contribution in [0.5, 0.6) is 0 Å². The maximum atomic E-state index is 13.2. The molecule has 0 saturated carbocycles. The first-order valence-corrected chi connectivity index (χ1v) is 16.3. The van der Waals surface area contributed by atoms with E-state index in [9.17, 15) is 19.6 Å². The second-order valence-corrected chi connectivity index (χ2v) is 14.6. The molecule has 1 aliphatic heterocycles. The highest BCUT2D eigenvalue weighted by atomic mass is 16.2. The number of carbonyl (C=O) groups excluding carboxylic acids is 3. The van der Waals surface area contributed by atoms with Crippen LogP contribution < -0.4 is 16.0 Å². The van der Waals surface area contributed by atoms with E-state index < -0.39 is 16.5 Å². The Hall–Kier alpha value is -4.63. The van der Waals surface area contributed by atoms with E-state index >= 15 is 0 Å². The molecule has 0 unspecified atom stereocenters. The summed E-state index contributed by atoms with van der Waals surface area (Å²) in [5.41, 5.74) is 3.28. The molecule has 2 aromatic carbocycles. The van der Waals surface area contributed by atoms with Gasteiger partial charge in [-0.2, -0.15) is 5.26 Å². The van der Waals surface area contributed by atoms with Gasteiger partial charge in [-0.05, 0) is 137 Å². The maximum absolute atomic E-state index is 13.2. The van der Waals surface area contributed by atoms with Gasteiger partial charge in [-0.15, -0.1) is 5.10 Å². The van der Waals surface area contributed by atoms with E-state index in [1.54, 1.807) is 4.90 Å². The van der Waals surface area contributed by atoms with Gasteiger partial charge >= 0.3 is 0 Å². The zero-order valence-electron chi connectivity index (χ0n) is 28.2. The molecule has 2 heterocycles. The molecule has 47 heavy (non-hydrogen) atoms. The summed E-state index contributed by atoms with van der Waals surface area (Å²) in [6.45, 7) is 12.8. The number of nitrogens with one attached hydrogen (secondary N) is 4. The Labute approximate surface area is 276 Å². The summed E-state index contributed by atoms with van der Waals surface area (Å²) in [6, 6.07) is 13.4. The van der Waals surface area contributed by atoms with Crippen LogP contribution in [-0.2, 0) is 23.1 Å². The van der Waals surface area contributed by atoms with Gasteiger partial charge in [0, 0.05) is 28.7 Å². The number of nitrogens with zero attached hydrogens (tertiary/aromatic N) is 5. The molecule has 0 bridgehead atoms. The second-order valence-electron chi connectivity index (χ2n) is 14.6. The number of amides is 3. The number of aromatic amines is 1. The lowest BCUT2D eigenvalue weighted by atomic mass is 9.69. The molecule has 1 aromatic heterocycles. The summed E-state index contributed by atoms with van der Waals surface area (Å²) in [5.74, 6) is 0.105. The number of benzene rings is 2. The summed E-state index contributed by atoms with van der Waals surface area (Å²) >= 11 is 0. The fourth-order valence-electron chi connectivity index (χ4n) is 6.71. The molecule has 2 aliphatic rings. The molecule has 12 nitrogen and oxygen atoms in total. The number of aryl methyl sites for hydroxylation is 2. The molecule has 0 spiro atoms. The third-order valence-corrected chi connectivity index (χ3v) is 8.72. The number of hydrogen-bond donors (Lipinski definition) is 4. The molecule has 3 aromatic rings. The van der Waals surface area contributed by atoms with Gasteiger partial charge in [0.25, 0.3) is 11.8 Å². The molecule has 1 atom stereocenters. The van der Waals surface area contributed by atoms with Gasteiger partial charge in [-0.1, -0.05) is 12.1 Å². The minimum absolute atomic E-state index is 0.0977. The molecule has 1 aliphatic carbocycles. The zero-order valence-corrected chi connectivity index (χ0v) is 28.2. The van der Waals surface area contributed by atoms with E-state index in [-0.39, 0.29) is 30.3 Å². The predicted octanol–water partition coefficient (Wildman–Crippen LogP) is 3.18. The Bertz CT molecular complexity index is 1600. The minimum atomic E-state index is -0.887. The molecule has 4 N–H and O–H groups in total. The molecule has 12 heteroatoms. The van der Waals surface area contributed by atoms with Crippen molar-refractivity contribution in [3.05, 3.63) is 75.6 Å². The number of nitriles is 1. The number of H-pyrrole nitrogens is 1. The van der Waals surface area contributed by atoms with E-state index in [0.29, 0.717) is 55.7 Å². The summed E-state index contributed by atoms with van der Waals surface area (Å²) in [7, 11) is 0. The first-order valence-electron chi connectivity index (χ1n) is 16.3. The quantitative estimate of drug-likeness (QED) is 0.273. The van der Waals surface area contributed by atoms with E-state index in [1.807, 2.05) is 77.9 Å². The van der Waals surface area contributed by atoms with Crippen molar-refractivity contribution in [2.24, 2.45) is 0 Å². The fraction of sp³-hybridized carbons (Fsp3) is 0.514. The van der Waals surface area contributed by atoms with Gasteiger partial charge in [0.05, 0.1) is 18.0 Å². The van der Waals surface area contributed by atoms with Crippen LogP contribution in [0.1, 0.15) is 110 Å². The van der Waals surface area contributed by atoms with Gasteiger partial charge in [0.1, 0.15) is 6.04 Å². The smallest absolute Gasteiger partial charge is 0.251 e. The van der Waals surface area contributed by atoms with E-state index in [2.05, 4.69) is 42.6 Å². The first kappa shape index (κ1) is 33.7. The Balaban J connectivity index is 1.56. The summed E-state index contributed by atoms with van der Waals surface area (Å²) in [6.07, 6.45) is 3.25. The zero-order chi connectivity index (χ0) is 34.0. The Morgan fingerprint density at radius 2 is 1.53 bits per heavy atom. The van der Waals surface area contributed by atoms with Crippen molar-refractivity contribution in [3.63, 3.8) is 0 Å². The van der Waals surface area contributed by atoms with Crippen LogP contribution in [-0.4, -0.2) is 80.0 Å². The molecule has 0 radical (unpaired) electrons. The van der Waals surface area contributed by atoms with Gasteiger partial charge in [-0.25, -0.2) is 5.10 Å². The van der Waals surface area contributed by atoms with Crippen molar-refractivity contribution in [3.8, 4) is 6.07 Å². The molecule has 5 rings (SSSR count). The number of hydrogen-bond acceptors (Lipinski definition) is 8. The van der Waals surface area contributed by atoms with Crippen molar-refractivity contribution < 1.29 is 14.4 Å². The molecular formula is C35H45N9O3. The van der Waals surface area contributed by atoms with Crippen LogP contribution in [0.3, 0.4) is 0 Å². The largest absolute Gasteiger partial charge is 0.347 e. The highest BCUT2D eigenvalue weighted by molar-refractivity contribution is 5.96. The number of tetrazole rings is 1. The first-order chi connectivity index (χ1) is 22.2. The topological polar surface area (TPSA) is 169 Å². The third kappa shape index (κ3) is 7.36. The highest BCUT2D eigenvalue weighted by Crippen LogP contribution is 2.46. The van der Waals surface area contributed by atoms with Crippen molar-refractivity contribution >= 4 is 17.7 Å². The summed E-state index contributed by atoms with van der Waals surface area (Å²) in [4.78, 5) is 41.2. The van der Waals surface area contributed by atoms with Crippen molar-refractivity contribution in [2.45, 2.75) is 96.2 Å². The number of carbonyl (C=O) groups is 3. The molecule has 3 amide bonds. The maximum Gasteiger partial charge on any atom is 0.251 e. The summed E-state index contributed by atoms with van der Waals surface area (Å²) in [5, 5.41) is 34.3. The predicted molar refractivity (Wildman–Crippen MR) is 177 cm³/mol. The average Bonchev–Trinajstić information content (AvgIpc) is 3.69. The fourth-order valence-corrected chi connectivity index (χ4v) is 6.71. The number of aromatic nitrogens is 4. The lowest BCUT2D eigenvalue weighted by molar-refractivity contribution is -0.130. The number of likely N-dealkylation sites (tertiary alicyclic amines) is 1. The monoisotopic (exact) mass is 639 g/mol. The Kier molecular flexibility index (Phi) is 9.50. The molecule has 248 valence electrons. The Morgan fingerprint density at radius 3 is 2.02 bits per heavy atom. The van der Waals surface area contributed by atoms with Crippen LogP contribution in [0.25, 0.3) is 0 Å². The van der Waals surface area contributed by atoms with E-state index in [0.717, 1.165) is 28.7 Å². The van der Waals surface area contributed by atoms with Crippen LogP contribution in [0.2, 0.25) is 0 Å². The van der Waals surface area contributed by atoms with Gasteiger partial charge in [0.15, 0.2) is 5.82 Å². The van der Waals surface area contributed by atoms with Crippen LogP contribution >= 0.6 is 0 Å². The van der Waals surface area contributed by atoms with E-state index in [1.165, 1.54) is 0 Å². The highest BCUT2D eigenvalue weighted by Gasteiger charge is 2.44. The normalized spacial score (nSPS) is 17.2. The molecular weight excluding hydrogens is 594 g/mol. The molecule has 1 fully saturated rings. The van der Waals surface area contributed by atoms with Crippen molar-refractivity contribution in [2.75, 3.05) is 19.6 Å². The van der Waals surface area contributed by atoms with Crippen LogP contribution in [0.15, 0.2) is 36.4 Å². The van der Waals surface area contributed by atoms with Crippen LogP contribution in [0, 0.1) is 11.3 Å². The van der Waals surface area contributed by atoms with Gasteiger partial charge < -0.3 is 20.9 Å². The van der Waals surface area contributed by atoms with Crippen molar-refractivity contribution in [1.29, 1.82) is 5.26 Å².